The molecule has 1 aliphatic rings. The average molecular weight is 354 g/mol. The van der Waals surface area contributed by atoms with Gasteiger partial charge in [0.25, 0.3) is 0 Å². The second kappa shape index (κ2) is 10.1. The fraction of sp³-hybridized carbons (Fsp3) is 0.438. The zero-order valence-electron chi connectivity index (χ0n) is 14.1. The highest BCUT2D eigenvalue weighted by atomic mass is 16.5. The molecule has 1 amide bonds. The molecule has 1 aromatic rings. The Balaban J connectivity index is 0.000000450. The lowest BCUT2D eigenvalue weighted by atomic mass is 10.2. The number of carbonyl (C=O) groups is 3. The minimum atomic E-state index is -1.82. The van der Waals surface area contributed by atoms with E-state index in [-0.39, 0.29) is 11.9 Å². The molecule has 138 valence electrons. The number of carbonyl (C=O) groups excluding carboxylic acids is 1. The van der Waals surface area contributed by atoms with E-state index in [1.54, 1.807) is 14.2 Å². The van der Waals surface area contributed by atoms with Crippen LogP contribution >= 0.6 is 0 Å². The van der Waals surface area contributed by atoms with Crippen LogP contribution in [-0.4, -0.2) is 54.9 Å². The van der Waals surface area contributed by atoms with E-state index >= 15 is 0 Å². The summed E-state index contributed by atoms with van der Waals surface area (Å²) in [6, 6.07) is 5.60. The van der Waals surface area contributed by atoms with E-state index in [2.05, 4.69) is 10.6 Å². The molecule has 9 heteroatoms. The van der Waals surface area contributed by atoms with E-state index in [4.69, 9.17) is 29.3 Å². The Morgan fingerprint density at radius 1 is 1.16 bits per heavy atom. The van der Waals surface area contributed by atoms with Crippen molar-refractivity contribution in [2.24, 2.45) is 0 Å². The summed E-state index contributed by atoms with van der Waals surface area (Å²) in [6.45, 7) is 1.42. The molecule has 0 bridgehead atoms. The van der Waals surface area contributed by atoms with Crippen LogP contribution in [0.4, 0.5) is 0 Å². The number of methoxy groups -OCH3 is 2. The summed E-state index contributed by atoms with van der Waals surface area (Å²) in [7, 11) is 3.20. The molecule has 1 fully saturated rings. The Bertz CT molecular complexity index is 601. The number of aliphatic carboxylic acids is 2. The van der Waals surface area contributed by atoms with Crippen LogP contribution in [0.25, 0.3) is 0 Å². The van der Waals surface area contributed by atoms with Gasteiger partial charge in [0.05, 0.1) is 20.3 Å². The number of benzene rings is 1. The number of amides is 1. The van der Waals surface area contributed by atoms with Crippen molar-refractivity contribution in [1.29, 1.82) is 0 Å². The molecule has 4 N–H and O–H groups in total. The van der Waals surface area contributed by atoms with Crippen molar-refractivity contribution in [2.75, 3.05) is 20.8 Å². The Hall–Kier alpha value is -2.81. The summed E-state index contributed by atoms with van der Waals surface area (Å²) in [6.07, 6.45) is 1.98. The second-order valence-electron chi connectivity index (χ2n) is 5.17. The van der Waals surface area contributed by atoms with Crippen molar-refractivity contribution >= 4 is 17.8 Å². The van der Waals surface area contributed by atoms with Gasteiger partial charge in [-0.2, -0.15) is 0 Å². The lowest BCUT2D eigenvalue weighted by Crippen LogP contribution is -2.39. The molecule has 0 spiro atoms. The second-order valence-corrected chi connectivity index (χ2v) is 5.17. The van der Waals surface area contributed by atoms with Gasteiger partial charge < -0.3 is 30.3 Å². The Morgan fingerprint density at radius 3 is 2.28 bits per heavy atom. The first-order valence-corrected chi connectivity index (χ1v) is 7.57. The summed E-state index contributed by atoms with van der Waals surface area (Å²) in [5.74, 6) is -2.22. The molecule has 1 aliphatic heterocycles. The SMILES string of the molecule is COc1ccc(CNC(=O)C2CCCN2)cc1OC.O=C(O)C(=O)O. The zero-order valence-corrected chi connectivity index (χ0v) is 14.1. The van der Waals surface area contributed by atoms with Crippen LogP contribution in [0.15, 0.2) is 18.2 Å². The predicted octanol–water partition coefficient (Wildman–Crippen LogP) is 0.228. The van der Waals surface area contributed by atoms with Crippen LogP contribution in [0, 0.1) is 0 Å². The van der Waals surface area contributed by atoms with Crippen molar-refractivity contribution in [3.05, 3.63) is 23.8 Å². The van der Waals surface area contributed by atoms with Crippen molar-refractivity contribution in [3.8, 4) is 11.5 Å². The van der Waals surface area contributed by atoms with Crippen molar-refractivity contribution in [2.45, 2.75) is 25.4 Å². The Morgan fingerprint density at radius 2 is 1.80 bits per heavy atom. The van der Waals surface area contributed by atoms with Crippen molar-refractivity contribution in [3.63, 3.8) is 0 Å². The molecule has 0 radical (unpaired) electrons. The lowest BCUT2D eigenvalue weighted by molar-refractivity contribution is -0.159. The van der Waals surface area contributed by atoms with E-state index < -0.39 is 11.9 Å². The van der Waals surface area contributed by atoms with Gasteiger partial charge in [0.2, 0.25) is 5.91 Å². The number of ether oxygens (including phenoxy) is 2. The Labute approximate surface area is 144 Å². The van der Waals surface area contributed by atoms with Crippen molar-refractivity contribution in [1.82, 2.24) is 10.6 Å². The standard InChI is InChI=1S/C14H20N2O3.C2H2O4/c1-18-12-6-5-10(8-13(12)19-2)9-16-14(17)11-4-3-7-15-11;3-1(4)2(5)6/h5-6,8,11,15H,3-4,7,9H2,1-2H3,(H,16,17);(H,3,4)(H,5,6). The highest BCUT2D eigenvalue weighted by Crippen LogP contribution is 2.27. The van der Waals surface area contributed by atoms with Crippen LogP contribution in [0.5, 0.6) is 11.5 Å². The first kappa shape index (κ1) is 20.2. The van der Waals surface area contributed by atoms with E-state index in [1.807, 2.05) is 18.2 Å². The zero-order chi connectivity index (χ0) is 18.8. The minimum absolute atomic E-state index is 0.0415. The van der Waals surface area contributed by atoms with Gasteiger partial charge in [-0.1, -0.05) is 6.07 Å². The molecule has 1 atom stereocenters. The molecule has 1 saturated heterocycles. The number of hydrogen-bond donors (Lipinski definition) is 4. The molecule has 0 saturated carbocycles. The van der Waals surface area contributed by atoms with Crippen molar-refractivity contribution < 1.29 is 34.1 Å². The fourth-order valence-electron chi connectivity index (χ4n) is 2.21. The van der Waals surface area contributed by atoms with Crippen LogP contribution in [0.1, 0.15) is 18.4 Å². The molecule has 1 unspecified atom stereocenters. The molecular weight excluding hydrogens is 332 g/mol. The van der Waals surface area contributed by atoms with Gasteiger partial charge in [-0.15, -0.1) is 0 Å². The van der Waals surface area contributed by atoms with E-state index in [0.717, 1.165) is 24.9 Å². The van der Waals surface area contributed by atoms with Crippen LogP contribution in [-0.2, 0) is 20.9 Å². The monoisotopic (exact) mass is 354 g/mol. The number of carboxylic acid groups (broad SMARTS) is 2. The van der Waals surface area contributed by atoms with Gasteiger partial charge in [0.15, 0.2) is 11.5 Å². The molecule has 1 heterocycles. The predicted molar refractivity (Wildman–Crippen MR) is 87.7 cm³/mol. The highest BCUT2D eigenvalue weighted by Gasteiger charge is 2.21. The van der Waals surface area contributed by atoms with Gasteiger partial charge in [-0.25, -0.2) is 9.59 Å². The topological polar surface area (TPSA) is 134 Å². The van der Waals surface area contributed by atoms with Crippen LogP contribution in [0.2, 0.25) is 0 Å². The Kier molecular flexibility index (Phi) is 8.21. The van der Waals surface area contributed by atoms with Gasteiger partial charge in [0.1, 0.15) is 0 Å². The molecule has 0 aromatic heterocycles. The average Bonchev–Trinajstić information content (AvgIpc) is 3.14. The maximum Gasteiger partial charge on any atom is 0.414 e. The molecule has 2 rings (SSSR count). The van der Waals surface area contributed by atoms with Crippen LogP contribution in [0.3, 0.4) is 0 Å². The van der Waals surface area contributed by atoms with E-state index in [1.165, 1.54) is 0 Å². The largest absolute Gasteiger partial charge is 0.493 e. The molecule has 1 aromatic carbocycles. The summed E-state index contributed by atoms with van der Waals surface area (Å²) < 4.78 is 10.4. The van der Waals surface area contributed by atoms with E-state index in [0.29, 0.717) is 18.0 Å². The summed E-state index contributed by atoms with van der Waals surface area (Å²) in [4.78, 5) is 30.1. The normalized spacial score (nSPS) is 15.5. The summed E-state index contributed by atoms with van der Waals surface area (Å²) in [5, 5.41) is 20.9. The van der Waals surface area contributed by atoms with Crippen LogP contribution < -0.4 is 20.1 Å². The fourth-order valence-corrected chi connectivity index (χ4v) is 2.21. The van der Waals surface area contributed by atoms with Gasteiger partial charge in [-0.05, 0) is 37.1 Å². The number of hydrogen-bond acceptors (Lipinski definition) is 6. The summed E-state index contributed by atoms with van der Waals surface area (Å²) >= 11 is 0. The van der Waals surface area contributed by atoms with E-state index in [9.17, 15) is 4.79 Å². The molecule has 0 aliphatic carbocycles. The summed E-state index contributed by atoms with van der Waals surface area (Å²) in [5.41, 5.74) is 0.990. The number of nitrogens with one attached hydrogen (secondary N) is 2. The maximum absolute atomic E-state index is 11.9. The van der Waals surface area contributed by atoms with Gasteiger partial charge in [0, 0.05) is 6.54 Å². The smallest absolute Gasteiger partial charge is 0.414 e. The first-order chi connectivity index (χ1) is 11.9. The number of rotatable bonds is 5. The first-order valence-electron chi connectivity index (χ1n) is 7.57. The third-order valence-electron chi connectivity index (χ3n) is 3.47. The van der Waals surface area contributed by atoms with Gasteiger partial charge >= 0.3 is 11.9 Å². The lowest BCUT2D eigenvalue weighted by Gasteiger charge is -2.12. The molecular formula is C16H22N2O7. The molecule has 25 heavy (non-hydrogen) atoms. The minimum Gasteiger partial charge on any atom is -0.493 e. The maximum atomic E-state index is 11.9. The molecule has 9 nitrogen and oxygen atoms in total. The third-order valence-corrected chi connectivity index (χ3v) is 3.47. The van der Waals surface area contributed by atoms with Gasteiger partial charge in [-0.3, -0.25) is 4.79 Å². The highest BCUT2D eigenvalue weighted by molar-refractivity contribution is 6.27. The quantitative estimate of drug-likeness (QED) is 0.552. The number of carboxylic acids is 2. The third kappa shape index (κ3) is 6.68.